The average Bonchev–Trinajstić information content (AvgIpc) is 3.27. The van der Waals surface area contributed by atoms with Crippen molar-refractivity contribution in [2.45, 2.75) is 19.5 Å². The second-order valence-electron chi connectivity index (χ2n) is 8.28. The molecule has 1 amide bonds. The Labute approximate surface area is 195 Å². The molecule has 34 heavy (non-hydrogen) atoms. The van der Waals surface area contributed by atoms with Gasteiger partial charge in [-0.05, 0) is 30.2 Å². The van der Waals surface area contributed by atoms with Crippen LogP contribution in [0.5, 0.6) is 0 Å². The summed E-state index contributed by atoms with van der Waals surface area (Å²) in [4.78, 5) is 23.5. The summed E-state index contributed by atoms with van der Waals surface area (Å²) in [7, 11) is 0.517. The zero-order valence-corrected chi connectivity index (χ0v) is 18.5. The fourth-order valence-corrected chi connectivity index (χ4v) is 4.11. The van der Waals surface area contributed by atoms with Crippen molar-refractivity contribution < 1.29 is 14.8 Å². The Hall–Kier alpha value is -3.87. The Balaban J connectivity index is 1.55. The van der Waals surface area contributed by atoms with Crippen LogP contribution in [-0.4, -0.2) is 66.1 Å². The Morgan fingerprint density at radius 3 is 2.85 bits per heavy atom. The third kappa shape index (κ3) is 4.09. The normalized spacial score (nSPS) is 13.6. The standard InChI is InChI=1S/C22H23BN8O3/c1-30-9-7-17-16(12-30)19(25-11-13-4-2-5-14(10-13)23(33)34)27-20(26-17)22-29-28-21-15(18(24)32)6-3-8-31(21)22/h2-6,8,10,33-34H,7,9,11-12H2,1H3,(H2,24,32)(H,25,26,27). The van der Waals surface area contributed by atoms with E-state index in [4.69, 9.17) is 15.7 Å². The van der Waals surface area contributed by atoms with Gasteiger partial charge in [-0.1, -0.05) is 24.3 Å². The van der Waals surface area contributed by atoms with Crippen LogP contribution in [0.15, 0.2) is 42.6 Å². The molecule has 0 aliphatic carbocycles. The lowest BCUT2D eigenvalue weighted by Gasteiger charge is -2.26. The van der Waals surface area contributed by atoms with Crippen LogP contribution in [0.25, 0.3) is 17.3 Å². The molecule has 12 heteroatoms. The number of hydrogen-bond donors (Lipinski definition) is 4. The van der Waals surface area contributed by atoms with Gasteiger partial charge >= 0.3 is 7.12 Å². The summed E-state index contributed by atoms with van der Waals surface area (Å²) in [6.45, 7) is 1.99. The summed E-state index contributed by atoms with van der Waals surface area (Å²) in [6.07, 6.45) is 2.50. The number of hydrogen-bond acceptors (Lipinski definition) is 9. The lowest BCUT2D eigenvalue weighted by atomic mass is 9.79. The Morgan fingerprint density at radius 1 is 1.21 bits per heavy atom. The number of nitrogens with zero attached hydrogens (tertiary/aromatic N) is 6. The molecule has 0 unspecified atom stereocenters. The van der Waals surface area contributed by atoms with E-state index in [1.165, 1.54) is 0 Å². The van der Waals surface area contributed by atoms with Crippen molar-refractivity contribution in [2.75, 3.05) is 18.9 Å². The Morgan fingerprint density at radius 2 is 2.06 bits per heavy atom. The molecule has 0 saturated heterocycles. The van der Waals surface area contributed by atoms with Crippen molar-refractivity contribution in [2.24, 2.45) is 5.73 Å². The van der Waals surface area contributed by atoms with Crippen LogP contribution in [0, 0.1) is 0 Å². The minimum Gasteiger partial charge on any atom is -0.423 e. The predicted octanol–water partition coefficient (Wildman–Crippen LogP) is -0.435. The fourth-order valence-electron chi connectivity index (χ4n) is 4.11. The van der Waals surface area contributed by atoms with E-state index in [9.17, 15) is 14.8 Å². The van der Waals surface area contributed by atoms with Crippen LogP contribution >= 0.6 is 0 Å². The number of amides is 1. The van der Waals surface area contributed by atoms with Crippen molar-refractivity contribution in [1.82, 2.24) is 29.5 Å². The van der Waals surface area contributed by atoms with E-state index in [0.717, 1.165) is 29.8 Å². The monoisotopic (exact) mass is 458 g/mol. The van der Waals surface area contributed by atoms with Gasteiger partial charge in [0.2, 0.25) is 5.82 Å². The molecule has 0 fully saturated rings. The maximum atomic E-state index is 11.8. The predicted molar refractivity (Wildman–Crippen MR) is 126 cm³/mol. The van der Waals surface area contributed by atoms with Gasteiger partial charge in [0, 0.05) is 37.8 Å². The van der Waals surface area contributed by atoms with E-state index in [1.54, 1.807) is 40.9 Å². The van der Waals surface area contributed by atoms with Gasteiger partial charge in [-0.15, -0.1) is 10.2 Å². The molecule has 0 radical (unpaired) electrons. The van der Waals surface area contributed by atoms with E-state index < -0.39 is 13.0 Å². The molecule has 0 atom stereocenters. The summed E-state index contributed by atoms with van der Waals surface area (Å²) in [5, 5.41) is 30.7. The third-order valence-corrected chi connectivity index (χ3v) is 5.86. The lowest BCUT2D eigenvalue weighted by Crippen LogP contribution is -2.30. The number of carbonyl (C=O) groups is 1. The minimum atomic E-state index is -1.53. The van der Waals surface area contributed by atoms with E-state index in [2.05, 4.69) is 20.4 Å². The summed E-state index contributed by atoms with van der Waals surface area (Å²) >= 11 is 0. The first kappa shape index (κ1) is 22.0. The number of nitrogens with one attached hydrogen (secondary N) is 1. The summed E-state index contributed by atoms with van der Waals surface area (Å²) in [6, 6.07) is 10.4. The van der Waals surface area contributed by atoms with E-state index >= 15 is 0 Å². The van der Waals surface area contributed by atoms with Crippen molar-refractivity contribution in [1.29, 1.82) is 0 Å². The van der Waals surface area contributed by atoms with E-state index in [-0.39, 0.29) is 5.56 Å². The van der Waals surface area contributed by atoms with Gasteiger partial charge in [0.15, 0.2) is 11.5 Å². The first-order chi connectivity index (χ1) is 16.4. The van der Waals surface area contributed by atoms with Crippen molar-refractivity contribution in [3.63, 3.8) is 0 Å². The molecular weight excluding hydrogens is 435 g/mol. The number of fused-ring (bicyclic) bond motifs is 2. The van der Waals surface area contributed by atoms with Gasteiger partial charge in [0.05, 0.1) is 11.3 Å². The molecule has 1 aliphatic rings. The smallest absolute Gasteiger partial charge is 0.423 e. The van der Waals surface area contributed by atoms with Gasteiger partial charge < -0.3 is 26.0 Å². The topological polar surface area (TPSA) is 155 Å². The molecule has 1 aliphatic heterocycles. The molecule has 11 nitrogen and oxygen atoms in total. The molecule has 5 rings (SSSR count). The fraction of sp³-hybridized carbons (Fsp3) is 0.227. The second kappa shape index (κ2) is 8.82. The van der Waals surface area contributed by atoms with Crippen molar-refractivity contribution >= 4 is 30.0 Å². The zero-order valence-electron chi connectivity index (χ0n) is 18.5. The lowest BCUT2D eigenvalue weighted by molar-refractivity contribution is 0.100. The highest BCUT2D eigenvalue weighted by atomic mass is 16.4. The number of primary amides is 1. The first-order valence-corrected chi connectivity index (χ1v) is 10.8. The number of aromatic nitrogens is 5. The SMILES string of the molecule is CN1CCc2nc(-c3nnc4c(C(N)=O)cccn34)nc(NCc3cccc(B(O)O)c3)c2C1. The van der Waals surface area contributed by atoms with E-state index in [0.29, 0.717) is 41.7 Å². The maximum absolute atomic E-state index is 11.8. The van der Waals surface area contributed by atoms with E-state index in [1.807, 2.05) is 13.1 Å². The van der Waals surface area contributed by atoms with Gasteiger partial charge in [0.25, 0.3) is 5.91 Å². The Kier molecular flexibility index (Phi) is 5.69. The zero-order chi connectivity index (χ0) is 23.8. The number of pyridine rings is 1. The van der Waals surface area contributed by atoms with Gasteiger partial charge in [0.1, 0.15) is 5.82 Å². The van der Waals surface area contributed by atoms with Gasteiger partial charge in [-0.2, -0.15) is 0 Å². The molecule has 4 heterocycles. The minimum absolute atomic E-state index is 0.269. The molecule has 5 N–H and O–H groups in total. The molecule has 1 aromatic carbocycles. The van der Waals surface area contributed by atoms with Crippen molar-refractivity contribution in [3.8, 4) is 11.6 Å². The molecule has 3 aromatic heterocycles. The average molecular weight is 458 g/mol. The van der Waals surface area contributed by atoms with Crippen molar-refractivity contribution in [3.05, 3.63) is 65.0 Å². The number of rotatable bonds is 6. The van der Waals surface area contributed by atoms with Gasteiger partial charge in [-0.3, -0.25) is 9.20 Å². The summed E-state index contributed by atoms with van der Waals surface area (Å²) < 4.78 is 1.66. The number of carbonyl (C=O) groups excluding carboxylic acids is 1. The second-order valence-corrected chi connectivity index (χ2v) is 8.28. The highest BCUT2D eigenvalue weighted by molar-refractivity contribution is 6.58. The number of likely N-dealkylation sites (N-methyl/N-ethyl adjacent to an activating group) is 1. The molecule has 0 bridgehead atoms. The molecular formula is C22H23BN8O3. The highest BCUT2D eigenvalue weighted by Gasteiger charge is 2.23. The molecule has 0 saturated carbocycles. The van der Waals surface area contributed by atoms with Crippen LogP contribution in [0.2, 0.25) is 0 Å². The first-order valence-electron chi connectivity index (χ1n) is 10.8. The van der Waals surface area contributed by atoms with Crippen LogP contribution in [0.3, 0.4) is 0 Å². The third-order valence-electron chi connectivity index (χ3n) is 5.86. The summed E-state index contributed by atoms with van der Waals surface area (Å²) in [5.41, 5.74) is 9.32. The number of benzene rings is 1. The number of anilines is 1. The molecule has 172 valence electrons. The quantitative estimate of drug-likeness (QED) is 0.282. The summed E-state index contributed by atoms with van der Waals surface area (Å²) in [5.74, 6) is 0.883. The van der Waals surface area contributed by atoms with Gasteiger partial charge in [-0.25, -0.2) is 9.97 Å². The molecule has 0 spiro atoms. The largest absolute Gasteiger partial charge is 0.488 e. The van der Waals surface area contributed by atoms with Crippen LogP contribution in [0.4, 0.5) is 5.82 Å². The highest BCUT2D eigenvalue weighted by Crippen LogP contribution is 2.27. The number of nitrogens with two attached hydrogens (primary N) is 1. The molecule has 4 aromatic rings. The Bertz CT molecular complexity index is 1390. The van der Waals surface area contributed by atoms with Crippen LogP contribution in [0.1, 0.15) is 27.2 Å². The van der Waals surface area contributed by atoms with Crippen LogP contribution in [-0.2, 0) is 19.5 Å². The maximum Gasteiger partial charge on any atom is 0.488 e. The van der Waals surface area contributed by atoms with Crippen LogP contribution < -0.4 is 16.5 Å².